The highest BCUT2D eigenvalue weighted by molar-refractivity contribution is 5.28. The maximum atomic E-state index is 5.51. The van der Waals surface area contributed by atoms with Crippen LogP contribution in [-0.4, -0.2) is 16.4 Å². The molecule has 0 fully saturated rings. The van der Waals surface area contributed by atoms with Crippen molar-refractivity contribution in [2.75, 3.05) is 6.61 Å². The maximum Gasteiger partial charge on any atom is 0.119 e. The molecule has 0 unspecified atom stereocenters. The Morgan fingerprint density at radius 2 is 2.10 bits per heavy atom. The molecule has 0 bridgehead atoms. The molecule has 1 heterocycles. The molecule has 0 aliphatic carbocycles. The summed E-state index contributed by atoms with van der Waals surface area (Å²) in [7, 11) is 0. The predicted molar refractivity (Wildman–Crippen MR) is 80.7 cm³/mol. The zero-order valence-electron chi connectivity index (χ0n) is 12.3. The summed E-state index contributed by atoms with van der Waals surface area (Å²) in [6, 6.07) is 10.3. The van der Waals surface area contributed by atoms with E-state index < -0.39 is 0 Å². The van der Waals surface area contributed by atoms with Crippen LogP contribution in [0, 0.1) is 0 Å². The van der Waals surface area contributed by atoms with Crippen molar-refractivity contribution in [2.24, 2.45) is 0 Å². The van der Waals surface area contributed by atoms with Crippen molar-refractivity contribution in [3.63, 3.8) is 0 Å². The molecule has 2 aromatic rings. The lowest BCUT2D eigenvalue weighted by atomic mass is 10.2. The first-order valence-corrected chi connectivity index (χ1v) is 7.26. The Morgan fingerprint density at radius 1 is 1.20 bits per heavy atom. The Balaban J connectivity index is 1.86. The minimum absolute atomic E-state index is 0.701. The number of benzene rings is 1. The van der Waals surface area contributed by atoms with Gasteiger partial charge in [-0.3, -0.25) is 4.68 Å². The molecule has 20 heavy (non-hydrogen) atoms. The Bertz CT molecular complexity index is 522. The van der Waals surface area contributed by atoms with Gasteiger partial charge in [-0.25, -0.2) is 0 Å². The summed E-state index contributed by atoms with van der Waals surface area (Å²) in [6.45, 7) is 7.51. The van der Waals surface area contributed by atoms with Crippen LogP contribution >= 0.6 is 0 Å². The number of nitrogens with one attached hydrogen (secondary N) is 1. The van der Waals surface area contributed by atoms with Gasteiger partial charge in [0.25, 0.3) is 0 Å². The van der Waals surface area contributed by atoms with E-state index in [0.29, 0.717) is 6.61 Å². The van der Waals surface area contributed by atoms with Crippen molar-refractivity contribution in [1.82, 2.24) is 15.1 Å². The molecule has 0 amide bonds. The Morgan fingerprint density at radius 3 is 2.90 bits per heavy atom. The number of ether oxygens (including phenoxy) is 1. The van der Waals surface area contributed by atoms with E-state index in [1.54, 1.807) is 0 Å². The first kappa shape index (κ1) is 14.6. The fraction of sp³-hybridized carbons (Fsp3) is 0.438. The largest absolute Gasteiger partial charge is 0.494 e. The second-order valence-corrected chi connectivity index (χ2v) is 4.73. The number of aryl methyl sites for hydroxylation is 1. The first-order valence-electron chi connectivity index (χ1n) is 7.26. The summed E-state index contributed by atoms with van der Waals surface area (Å²) in [4.78, 5) is 0. The van der Waals surface area contributed by atoms with Crippen molar-refractivity contribution in [3.05, 3.63) is 47.8 Å². The Kier molecular flexibility index (Phi) is 5.62. The van der Waals surface area contributed by atoms with Crippen LogP contribution < -0.4 is 10.1 Å². The smallest absolute Gasteiger partial charge is 0.119 e. The van der Waals surface area contributed by atoms with Crippen molar-refractivity contribution in [3.8, 4) is 5.75 Å². The molecule has 0 radical (unpaired) electrons. The van der Waals surface area contributed by atoms with Gasteiger partial charge in [-0.15, -0.1) is 0 Å². The molecule has 1 aromatic heterocycles. The average molecular weight is 273 g/mol. The van der Waals surface area contributed by atoms with Crippen LogP contribution in [0.15, 0.2) is 36.5 Å². The number of nitrogens with zero attached hydrogens (tertiary/aromatic N) is 2. The fourth-order valence-electron chi connectivity index (χ4n) is 2.17. The third kappa shape index (κ3) is 4.10. The van der Waals surface area contributed by atoms with E-state index >= 15 is 0 Å². The lowest BCUT2D eigenvalue weighted by Crippen LogP contribution is -2.16. The minimum Gasteiger partial charge on any atom is -0.494 e. The Labute approximate surface area is 120 Å². The van der Waals surface area contributed by atoms with Crippen LogP contribution in [0.4, 0.5) is 0 Å². The molecule has 0 aliphatic rings. The van der Waals surface area contributed by atoms with Crippen molar-refractivity contribution >= 4 is 0 Å². The molecule has 108 valence electrons. The van der Waals surface area contributed by atoms with Gasteiger partial charge in [-0.1, -0.05) is 19.1 Å². The van der Waals surface area contributed by atoms with E-state index in [1.807, 2.05) is 25.3 Å². The molecule has 4 nitrogen and oxygen atoms in total. The highest BCUT2D eigenvalue weighted by Crippen LogP contribution is 2.13. The van der Waals surface area contributed by atoms with E-state index in [-0.39, 0.29) is 0 Å². The normalized spacial score (nSPS) is 10.7. The van der Waals surface area contributed by atoms with Crippen LogP contribution in [-0.2, 0) is 19.6 Å². The van der Waals surface area contributed by atoms with Crippen LogP contribution in [0.2, 0.25) is 0 Å². The minimum atomic E-state index is 0.701. The molecule has 1 aromatic carbocycles. The van der Waals surface area contributed by atoms with E-state index in [0.717, 1.165) is 31.8 Å². The first-order chi connectivity index (χ1) is 9.83. The predicted octanol–water partition coefficient (Wildman–Crippen LogP) is 2.98. The molecule has 4 heteroatoms. The van der Waals surface area contributed by atoms with Gasteiger partial charge in [-0.2, -0.15) is 5.10 Å². The summed E-state index contributed by atoms with van der Waals surface area (Å²) < 4.78 is 7.57. The summed E-state index contributed by atoms with van der Waals surface area (Å²) in [5, 5.41) is 7.78. The molecule has 0 atom stereocenters. The van der Waals surface area contributed by atoms with Gasteiger partial charge < -0.3 is 10.1 Å². The van der Waals surface area contributed by atoms with Gasteiger partial charge >= 0.3 is 0 Å². The number of rotatable bonds is 8. The van der Waals surface area contributed by atoms with Gasteiger partial charge in [0, 0.05) is 25.8 Å². The van der Waals surface area contributed by atoms with Gasteiger partial charge in [0.2, 0.25) is 0 Å². The van der Waals surface area contributed by atoms with Gasteiger partial charge in [0.05, 0.1) is 12.3 Å². The third-order valence-corrected chi connectivity index (χ3v) is 3.08. The van der Waals surface area contributed by atoms with E-state index in [2.05, 4.69) is 40.2 Å². The molecule has 0 saturated carbocycles. The molecule has 2 rings (SSSR count). The summed E-state index contributed by atoms with van der Waals surface area (Å²) >= 11 is 0. The lowest BCUT2D eigenvalue weighted by Gasteiger charge is -2.09. The van der Waals surface area contributed by atoms with E-state index in [9.17, 15) is 0 Å². The average Bonchev–Trinajstić information content (AvgIpc) is 2.88. The maximum absolute atomic E-state index is 5.51. The summed E-state index contributed by atoms with van der Waals surface area (Å²) in [5.74, 6) is 0.933. The van der Waals surface area contributed by atoms with Crippen LogP contribution in [0.5, 0.6) is 5.75 Å². The van der Waals surface area contributed by atoms with Crippen LogP contribution in [0.25, 0.3) is 0 Å². The number of aromatic nitrogens is 2. The van der Waals surface area contributed by atoms with Gasteiger partial charge in [-0.05, 0) is 37.1 Å². The van der Waals surface area contributed by atoms with Crippen LogP contribution in [0.1, 0.15) is 31.5 Å². The molecule has 1 N–H and O–H groups in total. The van der Waals surface area contributed by atoms with Gasteiger partial charge in [0.15, 0.2) is 0 Å². The summed E-state index contributed by atoms with van der Waals surface area (Å²) in [6.07, 6.45) is 2.97. The number of hydrogen-bond donors (Lipinski definition) is 1. The Hall–Kier alpha value is -1.81. The molecule has 0 aliphatic heterocycles. The molecular formula is C16H23N3O. The fourth-order valence-corrected chi connectivity index (χ4v) is 2.17. The SMILES string of the molecule is CCCn1nccc1CNCc1cccc(OCC)c1. The zero-order chi connectivity index (χ0) is 14.2. The third-order valence-electron chi connectivity index (χ3n) is 3.08. The highest BCUT2D eigenvalue weighted by Gasteiger charge is 2.01. The van der Waals surface area contributed by atoms with Crippen molar-refractivity contribution in [1.29, 1.82) is 0 Å². The highest BCUT2D eigenvalue weighted by atomic mass is 16.5. The summed E-state index contributed by atoms with van der Waals surface area (Å²) in [5.41, 5.74) is 2.46. The second kappa shape index (κ2) is 7.70. The monoisotopic (exact) mass is 273 g/mol. The van der Waals surface area contributed by atoms with E-state index in [1.165, 1.54) is 11.3 Å². The van der Waals surface area contributed by atoms with Crippen molar-refractivity contribution in [2.45, 2.75) is 39.9 Å². The molecule has 0 saturated heterocycles. The van der Waals surface area contributed by atoms with Crippen LogP contribution in [0.3, 0.4) is 0 Å². The quantitative estimate of drug-likeness (QED) is 0.803. The van der Waals surface area contributed by atoms with E-state index in [4.69, 9.17) is 4.74 Å². The second-order valence-electron chi connectivity index (χ2n) is 4.73. The lowest BCUT2D eigenvalue weighted by molar-refractivity contribution is 0.340. The van der Waals surface area contributed by atoms with Gasteiger partial charge in [0.1, 0.15) is 5.75 Å². The van der Waals surface area contributed by atoms with Crippen molar-refractivity contribution < 1.29 is 4.74 Å². The zero-order valence-corrected chi connectivity index (χ0v) is 12.3. The topological polar surface area (TPSA) is 39.1 Å². The molecule has 0 spiro atoms. The number of hydrogen-bond acceptors (Lipinski definition) is 3. The molecular weight excluding hydrogens is 250 g/mol. The standard InChI is InChI=1S/C16H23N3O/c1-3-10-19-15(8-9-18-19)13-17-12-14-6-5-7-16(11-14)20-4-2/h5-9,11,17H,3-4,10,12-13H2,1-2H3.